The fourth-order valence-corrected chi connectivity index (χ4v) is 1.06. The predicted molar refractivity (Wildman–Crippen MR) is 30.8 cm³/mol. The van der Waals surface area contributed by atoms with E-state index in [0.717, 1.165) is 0 Å². The molecule has 0 aromatic carbocycles. The molecule has 0 nitrogen and oxygen atoms in total. The quantitative estimate of drug-likeness (QED) is 0.575. The van der Waals surface area contributed by atoms with Gasteiger partial charge in [-0.05, 0) is 15.9 Å². The van der Waals surface area contributed by atoms with Crippen molar-refractivity contribution < 1.29 is 4.39 Å². The zero-order valence-corrected chi connectivity index (χ0v) is 5.64. The minimum atomic E-state index is -0.301. The van der Waals surface area contributed by atoms with Crippen molar-refractivity contribution in [3.8, 4) is 0 Å². The molecule has 1 radical (unpaired) electrons. The molecule has 1 aromatic heterocycles. The Bertz CT molecular complexity index is 144. The first-order valence-electron chi connectivity index (χ1n) is 1.61. The van der Waals surface area contributed by atoms with E-state index in [1.807, 2.05) is 0 Å². The van der Waals surface area contributed by atoms with Crippen molar-refractivity contribution >= 4 is 27.3 Å². The van der Waals surface area contributed by atoms with Crippen LogP contribution in [0.25, 0.3) is 0 Å². The number of thiophene rings is 1. The average Bonchev–Trinajstić information content (AvgIpc) is 1.91. The first kappa shape index (κ1) is 5.25. The molecule has 37 valence electrons. The van der Waals surface area contributed by atoms with Crippen LogP contribution >= 0.6 is 27.3 Å². The molecule has 0 saturated heterocycles. The van der Waals surface area contributed by atoms with E-state index in [4.69, 9.17) is 0 Å². The summed E-state index contributed by atoms with van der Waals surface area (Å²) in [4.78, 5) is 0. The molecule has 0 aliphatic heterocycles. The van der Waals surface area contributed by atoms with Gasteiger partial charge >= 0.3 is 0 Å². The van der Waals surface area contributed by atoms with Crippen molar-refractivity contribution in [3.63, 3.8) is 0 Å². The molecule has 0 aliphatic carbocycles. The van der Waals surface area contributed by atoms with Gasteiger partial charge in [0.15, 0.2) is 5.82 Å². The number of rotatable bonds is 0. The lowest BCUT2D eigenvalue weighted by Gasteiger charge is -1.72. The number of halogens is 2. The molecule has 1 aromatic rings. The highest BCUT2D eigenvalue weighted by Gasteiger charge is 1.95. The second-order valence-corrected chi connectivity index (χ2v) is 3.17. The van der Waals surface area contributed by atoms with Gasteiger partial charge in [0, 0.05) is 11.4 Å². The summed E-state index contributed by atoms with van der Waals surface area (Å²) in [5.74, 6) is -0.301. The molecular weight excluding hydrogens is 179 g/mol. The zero-order chi connectivity index (χ0) is 5.28. The highest BCUT2D eigenvalue weighted by atomic mass is 79.9. The largest absolute Gasteiger partial charge is 0.204 e. The zero-order valence-electron chi connectivity index (χ0n) is 3.24. The third-order valence-corrected chi connectivity index (χ3v) is 2.05. The van der Waals surface area contributed by atoms with Crippen LogP contribution in [-0.4, -0.2) is 0 Å². The maximum absolute atomic E-state index is 12.0. The SMILES string of the molecule is Fc1[c]csc1Br. The fourth-order valence-electron chi connectivity index (χ4n) is 0.241. The molecule has 0 aliphatic rings. The van der Waals surface area contributed by atoms with E-state index in [2.05, 4.69) is 22.0 Å². The summed E-state index contributed by atoms with van der Waals surface area (Å²) in [6.07, 6.45) is 0. The molecule has 7 heavy (non-hydrogen) atoms. The van der Waals surface area contributed by atoms with Crippen LogP contribution in [0.2, 0.25) is 0 Å². The lowest BCUT2D eigenvalue weighted by Crippen LogP contribution is -1.57. The second kappa shape index (κ2) is 1.92. The van der Waals surface area contributed by atoms with Gasteiger partial charge in [-0.1, -0.05) is 0 Å². The fraction of sp³-hybridized carbons (Fsp3) is 0. The van der Waals surface area contributed by atoms with Crippen molar-refractivity contribution in [3.05, 3.63) is 21.1 Å². The molecule has 0 saturated carbocycles. The molecule has 0 atom stereocenters. The minimum absolute atomic E-state index is 0.301. The van der Waals surface area contributed by atoms with Crippen molar-refractivity contribution in [2.45, 2.75) is 0 Å². The monoisotopic (exact) mass is 179 g/mol. The van der Waals surface area contributed by atoms with Gasteiger partial charge in [0.05, 0.1) is 0 Å². The smallest absolute Gasteiger partial charge is 0.156 e. The molecule has 0 unspecified atom stereocenters. The van der Waals surface area contributed by atoms with Gasteiger partial charge < -0.3 is 0 Å². The standard InChI is InChI=1S/C4HBrFS/c5-4-3(6)1-2-7-4/h2H. The molecule has 0 N–H and O–H groups in total. The third kappa shape index (κ3) is 1.01. The maximum Gasteiger partial charge on any atom is 0.156 e. The van der Waals surface area contributed by atoms with Crippen molar-refractivity contribution in [1.29, 1.82) is 0 Å². The Labute approximate surface area is 53.1 Å². The molecule has 0 spiro atoms. The second-order valence-electron chi connectivity index (χ2n) is 0.968. The first-order valence-corrected chi connectivity index (χ1v) is 3.28. The van der Waals surface area contributed by atoms with Gasteiger partial charge in [-0.2, -0.15) is 0 Å². The highest BCUT2D eigenvalue weighted by Crippen LogP contribution is 2.20. The minimum Gasteiger partial charge on any atom is -0.204 e. The van der Waals surface area contributed by atoms with Crippen LogP contribution in [0.4, 0.5) is 4.39 Å². The van der Waals surface area contributed by atoms with Gasteiger partial charge in [0.25, 0.3) is 0 Å². The topological polar surface area (TPSA) is 0 Å². The predicted octanol–water partition coefficient (Wildman–Crippen LogP) is 2.45. The van der Waals surface area contributed by atoms with E-state index >= 15 is 0 Å². The summed E-state index contributed by atoms with van der Waals surface area (Å²) in [5.41, 5.74) is 0. The van der Waals surface area contributed by atoms with Gasteiger partial charge in [-0.15, -0.1) is 11.3 Å². The Morgan fingerprint density at radius 3 is 2.71 bits per heavy atom. The van der Waals surface area contributed by atoms with Crippen LogP contribution < -0.4 is 0 Å². The summed E-state index contributed by atoms with van der Waals surface area (Å²) in [7, 11) is 0. The summed E-state index contributed by atoms with van der Waals surface area (Å²) < 4.78 is 12.5. The molecular formula is C4HBrFS. The number of hydrogen-bond donors (Lipinski definition) is 0. The lowest BCUT2D eigenvalue weighted by molar-refractivity contribution is 0.626. The van der Waals surface area contributed by atoms with Crippen LogP contribution in [0.15, 0.2) is 9.17 Å². The molecule has 0 bridgehead atoms. The number of hydrogen-bond acceptors (Lipinski definition) is 1. The lowest BCUT2D eigenvalue weighted by atomic mass is 10.6. The Morgan fingerprint density at radius 2 is 2.57 bits per heavy atom. The Morgan fingerprint density at radius 1 is 1.86 bits per heavy atom. The van der Waals surface area contributed by atoms with Gasteiger partial charge in [0.1, 0.15) is 3.79 Å². The first-order chi connectivity index (χ1) is 3.30. The van der Waals surface area contributed by atoms with Gasteiger partial charge in [0.2, 0.25) is 0 Å². The van der Waals surface area contributed by atoms with Crippen LogP contribution in [0.1, 0.15) is 0 Å². The van der Waals surface area contributed by atoms with E-state index in [-0.39, 0.29) is 5.82 Å². The van der Waals surface area contributed by atoms with Gasteiger partial charge in [-0.3, -0.25) is 0 Å². The molecule has 3 heteroatoms. The van der Waals surface area contributed by atoms with Crippen LogP contribution in [0.3, 0.4) is 0 Å². The van der Waals surface area contributed by atoms with E-state index in [0.29, 0.717) is 3.79 Å². The van der Waals surface area contributed by atoms with E-state index in [9.17, 15) is 4.39 Å². The van der Waals surface area contributed by atoms with Crippen molar-refractivity contribution in [1.82, 2.24) is 0 Å². The summed E-state index contributed by atoms with van der Waals surface area (Å²) in [6.45, 7) is 0. The third-order valence-electron chi connectivity index (χ3n) is 0.521. The Hall–Kier alpha value is 0.110. The van der Waals surface area contributed by atoms with Crippen molar-refractivity contribution in [2.75, 3.05) is 0 Å². The van der Waals surface area contributed by atoms with Crippen LogP contribution in [0, 0.1) is 11.9 Å². The van der Waals surface area contributed by atoms with Crippen LogP contribution in [0.5, 0.6) is 0 Å². The molecule has 1 rings (SSSR count). The van der Waals surface area contributed by atoms with E-state index < -0.39 is 0 Å². The Balaban J connectivity index is 3.12. The molecule has 0 amide bonds. The average molecular weight is 180 g/mol. The van der Waals surface area contributed by atoms with Crippen LogP contribution in [-0.2, 0) is 0 Å². The summed E-state index contributed by atoms with van der Waals surface area (Å²) in [5, 5.41) is 1.57. The van der Waals surface area contributed by atoms with E-state index in [1.165, 1.54) is 11.3 Å². The van der Waals surface area contributed by atoms with Gasteiger partial charge in [-0.25, -0.2) is 4.39 Å². The van der Waals surface area contributed by atoms with E-state index in [1.54, 1.807) is 5.38 Å². The maximum atomic E-state index is 12.0. The summed E-state index contributed by atoms with van der Waals surface area (Å²) >= 11 is 4.27. The molecule has 1 heterocycles. The highest BCUT2D eigenvalue weighted by molar-refractivity contribution is 9.11. The normalized spacial score (nSPS) is 9.43. The molecule has 0 fully saturated rings. The van der Waals surface area contributed by atoms with Crippen molar-refractivity contribution in [2.24, 2.45) is 0 Å². The Kier molecular flexibility index (Phi) is 1.44. The summed E-state index contributed by atoms with van der Waals surface area (Å²) in [6, 6.07) is 2.37.